The molecule has 34 heavy (non-hydrogen) atoms. The Morgan fingerprint density at radius 2 is 1.82 bits per heavy atom. The summed E-state index contributed by atoms with van der Waals surface area (Å²) in [4.78, 5) is 27.8. The fourth-order valence-electron chi connectivity index (χ4n) is 3.59. The van der Waals surface area contributed by atoms with Crippen LogP contribution in [0.2, 0.25) is 0 Å². The molecule has 2 aromatic heterocycles. The SMILES string of the molecule is O=C1NC(=O)C(=Cc2ccc(-n3ccc4c(Nc5cccc(C(F)(F)F)c5)ccnc43)cc2)S1. The average Bonchev–Trinajstić information content (AvgIpc) is 3.37. The molecule has 1 saturated heterocycles. The van der Waals surface area contributed by atoms with Gasteiger partial charge in [0, 0.05) is 29.2 Å². The lowest BCUT2D eigenvalue weighted by molar-refractivity contribution is -0.137. The Labute approximate surface area is 195 Å². The first kappa shape index (κ1) is 21.8. The third kappa shape index (κ3) is 4.27. The van der Waals surface area contributed by atoms with E-state index in [1.807, 2.05) is 41.1 Å². The molecule has 2 N–H and O–H groups in total. The normalized spacial score (nSPS) is 15.2. The Morgan fingerprint density at radius 1 is 1.03 bits per heavy atom. The first-order valence-corrected chi connectivity index (χ1v) is 10.9. The van der Waals surface area contributed by atoms with Crippen molar-refractivity contribution in [3.05, 3.63) is 89.1 Å². The molecule has 0 saturated carbocycles. The lowest BCUT2D eigenvalue weighted by atomic mass is 10.2. The number of hydrogen-bond donors (Lipinski definition) is 2. The number of nitrogens with one attached hydrogen (secondary N) is 2. The fourth-order valence-corrected chi connectivity index (χ4v) is 4.27. The second-order valence-corrected chi connectivity index (χ2v) is 8.44. The number of pyridine rings is 1. The molecule has 1 aliphatic rings. The number of anilines is 2. The van der Waals surface area contributed by atoms with E-state index in [0.717, 1.165) is 40.5 Å². The molecule has 170 valence electrons. The minimum absolute atomic E-state index is 0.319. The highest BCUT2D eigenvalue weighted by molar-refractivity contribution is 8.18. The van der Waals surface area contributed by atoms with E-state index in [4.69, 9.17) is 0 Å². The van der Waals surface area contributed by atoms with Crippen LogP contribution in [-0.2, 0) is 11.0 Å². The van der Waals surface area contributed by atoms with E-state index in [9.17, 15) is 22.8 Å². The quantitative estimate of drug-likeness (QED) is 0.345. The molecule has 2 amide bonds. The maximum atomic E-state index is 13.0. The van der Waals surface area contributed by atoms with Crippen molar-refractivity contribution in [2.45, 2.75) is 6.18 Å². The van der Waals surface area contributed by atoms with E-state index in [1.165, 1.54) is 6.07 Å². The topological polar surface area (TPSA) is 76.0 Å². The number of benzene rings is 2. The predicted molar refractivity (Wildman–Crippen MR) is 125 cm³/mol. The van der Waals surface area contributed by atoms with Crippen molar-refractivity contribution >= 4 is 51.4 Å². The largest absolute Gasteiger partial charge is 0.416 e. The maximum Gasteiger partial charge on any atom is 0.416 e. The number of halogens is 3. The number of aromatic nitrogens is 2. The number of imide groups is 1. The third-order valence-corrected chi connectivity index (χ3v) is 5.98. The summed E-state index contributed by atoms with van der Waals surface area (Å²) in [7, 11) is 0. The minimum atomic E-state index is -4.42. The molecule has 3 heterocycles. The van der Waals surface area contributed by atoms with Gasteiger partial charge in [0.2, 0.25) is 0 Å². The van der Waals surface area contributed by atoms with Crippen LogP contribution in [0.15, 0.2) is 78.0 Å². The van der Waals surface area contributed by atoms with Crippen molar-refractivity contribution in [1.29, 1.82) is 0 Å². The van der Waals surface area contributed by atoms with Crippen LogP contribution in [-0.4, -0.2) is 20.7 Å². The molecule has 0 spiro atoms. The van der Waals surface area contributed by atoms with Crippen LogP contribution in [0.5, 0.6) is 0 Å². The highest BCUT2D eigenvalue weighted by Crippen LogP contribution is 2.33. The van der Waals surface area contributed by atoms with Gasteiger partial charge in [0.1, 0.15) is 5.65 Å². The summed E-state index contributed by atoms with van der Waals surface area (Å²) in [5, 5.41) is 5.61. The molecule has 0 unspecified atom stereocenters. The van der Waals surface area contributed by atoms with Crippen molar-refractivity contribution in [1.82, 2.24) is 14.9 Å². The Kier molecular flexibility index (Phi) is 5.37. The lowest BCUT2D eigenvalue weighted by Crippen LogP contribution is -2.17. The number of hydrogen-bond acceptors (Lipinski definition) is 5. The molecule has 0 radical (unpaired) electrons. The lowest BCUT2D eigenvalue weighted by Gasteiger charge is -2.12. The van der Waals surface area contributed by atoms with Gasteiger partial charge in [-0.05, 0) is 65.9 Å². The van der Waals surface area contributed by atoms with Gasteiger partial charge in [-0.2, -0.15) is 13.2 Å². The Morgan fingerprint density at radius 3 is 2.53 bits per heavy atom. The van der Waals surface area contributed by atoms with Gasteiger partial charge in [-0.15, -0.1) is 0 Å². The van der Waals surface area contributed by atoms with E-state index in [2.05, 4.69) is 15.6 Å². The van der Waals surface area contributed by atoms with Crippen molar-refractivity contribution in [2.24, 2.45) is 0 Å². The molecule has 1 aliphatic heterocycles. The second kappa shape index (κ2) is 8.38. The fraction of sp³-hybridized carbons (Fsp3) is 0.0417. The highest BCUT2D eigenvalue weighted by atomic mass is 32.2. The summed E-state index contributed by atoms with van der Waals surface area (Å²) < 4.78 is 41.0. The Hall–Kier alpha value is -4.05. The van der Waals surface area contributed by atoms with Gasteiger partial charge >= 0.3 is 6.18 Å². The summed E-state index contributed by atoms with van der Waals surface area (Å²) in [5.41, 5.74) is 2.40. The number of amides is 2. The maximum absolute atomic E-state index is 13.0. The van der Waals surface area contributed by atoms with E-state index in [0.29, 0.717) is 21.9 Å². The standard InChI is InChI=1S/C24H15F3N4O2S/c25-24(26,27)15-2-1-3-16(13-15)29-19-8-10-28-21-18(19)9-11-31(21)17-6-4-14(5-7-17)12-20-22(32)30-23(33)34-20/h1-13H,(H,28,29)(H,30,32,33). The minimum Gasteiger partial charge on any atom is -0.355 e. The number of nitrogens with zero attached hydrogens (tertiary/aromatic N) is 2. The zero-order valence-corrected chi connectivity index (χ0v) is 18.1. The van der Waals surface area contributed by atoms with Crippen molar-refractivity contribution in [3.8, 4) is 5.69 Å². The molecule has 0 atom stereocenters. The zero-order valence-electron chi connectivity index (χ0n) is 17.3. The molecule has 6 nitrogen and oxygen atoms in total. The molecule has 1 fully saturated rings. The van der Waals surface area contributed by atoms with Crippen molar-refractivity contribution < 1.29 is 22.8 Å². The second-order valence-electron chi connectivity index (χ2n) is 7.43. The average molecular weight is 480 g/mol. The first-order chi connectivity index (χ1) is 16.3. The number of carbonyl (C=O) groups is 2. The number of rotatable bonds is 4. The van der Waals surface area contributed by atoms with Crippen LogP contribution in [0.1, 0.15) is 11.1 Å². The molecule has 5 rings (SSSR count). The van der Waals surface area contributed by atoms with E-state index < -0.39 is 22.9 Å². The number of alkyl halides is 3. The van der Waals surface area contributed by atoms with Crippen LogP contribution in [0.4, 0.5) is 29.3 Å². The van der Waals surface area contributed by atoms with E-state index in [-0.39, 0.29) is 0 Å². The van der Waals surface area contributed by atoms with Gasteiger partial charge in [-0.3, -0.25) is 14.9 Å². The highest BCUT2D eigenvalue weighted by Gasteiger charge is 2.30. The number of fused-ring (bicyclic) bond motifs is 1. The molecular weight excluding hydrogens is 465 g/mol. The molecule has 10 heteroatoms. The van der Waals surface area contributed by atoms with Gasteiger partial charge < -0.3 is 9.88 Å². The van der Waals surface area contributed by atoms with Crippen LogP contribution in [0, 0.1) is 0 Å². The monoisotopic (exact) mass is 480 g/mol. The van der Waals surface area contributed by atoms with Crippen LogP contribution in [0.25, 0.3) is 22.8 Å². The summed E-state index contributed by atoms with van der Waals surface area (Å²) in [6.45, 7) is 0. The molecule has 0 bridgehead atoms. The molecular formula is C24H15F3N4O2S. The Balaban J connectivity index is 1.43. The predicted octanol–water partition coefficient (Wildman–Crippen LogP) is 6.11. The van der Waals surface area contributed by atoms with Crippen LogP contribution >= 0.6 is 11.8 Å². The molecule has 4 aromatic rings. The van der Waals surface area contributed by atoms with E-state index in [1.54, 1.807) is 24.4 Å². The van der Waals surface area contributed by atoms with Gasteiger partial charge in [-0.25, -0.2) is 4.98 Å². The van der Waals surface area contributed by atoms with Gasteiger partial charge in [-0.1, -0.05) is 18.2 Å². The Bertz CT molecular complexity index is 1460. The summed E-state index contributed by atoms with van der Waals surface area (Å²) in [6.07, 6.45) is 0.617. The zero-order chi connectivity index (χ0) is 23.9. The van der Waals surface area contributed by atoms with Crippen LogP contribution in [0.3, 0.4) is 0 Å². The van der Waals surface area contributed by atoms with Gasteiger partial charge in [0.05, 0.1) is 16.2 Å². The molecule has 2 aromatic carbocycles. The van der Waals surface area contributed by atoms with Crippen LogP contribution < -0.4 is 10.6 Å². The van der Waals surface area contributed by atoms with Crippen molar-refractivity contribution in [3.63, 3.8) is 0 Å². The van der Waals surface area contributed by atoms with E-state index >= 15 is 0 Å². The van der Waals surface area contributed by atoms with Gasteiger partial charge in [0.15, 0.2) is 0 Å². The summed E-state index contributed by atoms with van der Waals surface area (Å²) in [5.74, 6) is -0.416. The number of thioether (sulfide) groups is 1. The first-order valence-electron chi connectivity index (χ1n) is 10.0. The summed E-state index contributed by atoms with van der Waals surface area (Å²) in [6, 6.07) is 15.9. The summed E-state index contributed by atoms with van der Waals surface area (Å²) >= 11 is 0.854. The van der Waals surface area contributed by atoms with Gasteiger partial charge in [0.25, 0.3) is 11.1 Å². The molecule has 0 aliphatic carbocycles. The number of carbonyl (C=O) groups excluding carboxylic acids is 2. The smallest absolute Gasteiger partial charge is 0.355 e. The van der Waals surface area contributed by atoms with Crippen molar-refractivity contribution in [2.75, 3.05) is 5.32 Å². The third-order valence-electron chi connectivity index (χ3n) is 5.17.